The van der Waals surface area contributed by atoms with Crippen molar-refractivity contribution >= 4 is 12.0 Å². The number of hydrogen-bond acceptors (Lipinski definition) is 6. The number of rotatable bonds is 6. The summed E-state index contributed by atoms with van der Waals surface area (Å²) in [5.74, 6) is -0.370. The molecule has 0 aliphatic rings. The summed E-state index contributed by atoms with van der Waals surface area (Å²) < 4.78 is 6.31. The Hall–Kier alpha value is -3.16. The molecule has 138 valence electrons. The normalized spacial score (nSPS) is 11.2. The molecule has 0 N–H and O–H groups in total. The molecule has 0 saturated heterocycles. The molecule has 2 amide bonds. The van der Waals surface area contributed by atoms with Crippen LogP contribution >= 0.6 is 0 Å². The van der Waals surface area contributed by atoms with Gasteiger partial charge >= 0.3 is 17.2 Å². The lowest BCUT2D eigenvalue weighted by molar-refractivity contribution is -0.128. The molecule has 8 heteroatoms. The second-order valence-corrected chi connectivity index (χ2v) is 5.58. The standard InChI is InChI=1S/C18H21N3O5/c1-3-4-6-11-15(22)20(2)18(24)26-19-16-17(23)21(12-13-25-16)14-9-7-5-8-10-14/h5,7-10,12-13H,3-4,6,11H2,1-2H3/b19-16-. The molecule has 1 aromatic heterocycles. The van der Waals surface area contributed by atoms with Crippen molar-refractivity contribution in [3.8, 4) is 5.69 Å². The number of benzene rings is 1. The largest absolute Gasteiger partial charge is 0.442 e. The number of carbonyl (C=O) groups is 2. The van der Waals surface area contributed by atoms with Crippen LogP contribution in [0.15, 0.2) is 57.2 Å². The van der Waals surface area contributed by atoms with Gasteiger partial charge in [-0.15, -0.1) is 0 Å². The van der Waals surface area contributed by atoms with Crippen LogP contribution in [-0.4, -0.2) is 28.5 Å². The van der Waals surface area contributed by atoms with Gasteiger partial charge in [-0.2, -0.15) is 0 Å². The van der Waals surface area contributed by atoms with Gasteiger partial charge in [0.05, 0.1) is 0 Å². The summed E-state index contributed by atoms with van der Waals surface area (Å²) in [6.45, 7) is 2.02. The molecular weight excluding hydrogens is 338 g/mol. The van der Waals surface area contributed by atoms with Gasteiger partial charge in [0, 0.05) is 25.4 Å². The molecule has 26 heavy (non-hydrogen) atoms. The summed E-state index contributed by atoms with van der Waals surface area (Å²) in [4.78, 5) is 41.6. The average Bonchev–Trinajstić information content (AvgIpc) is 2.67. The maximum Gasteiger partial charge on any atom is 0.442 e. The van der Waals surface area contributed by atoms with E-state index in [4.69, 9.17) is 4.42 Å². The van der Waals surface area contributed by atoms with Crippen molar-refractivity contribution in [3.63, 3.8) is 0 Å². The maximum absolute atomic E-state index is 12.4. The first-order valence-electron chi connectivity index (χ1n) is 8.32. The molecule has 0 radical (unpaired) electrons. The number of amides is 2. The summed E-state index contributed by atoms with van der Waals surface area (Å²) in [6.07, 6.45) is 4.52. The fraction of sp³-hybridized carbons (Fsp3) is 0.333. The summed E-state index contributed by atoms with van der Waals surface area (Å²) in [5, 5.41) is 3.45. The lowest BCUT2D eigenvalue weighted by atomic mass is 10.2. The van der Waals surface area contributed by atoms with Gasteiger partial charge in [0.1, 0.15) is 6.26 Å². The molecule has 8 nitrogen and oxygen atoms in total. The average molecular weight is 359 g/mol. The summed E-state index contributed by atoms with van der Waals surface area (Å²) in [7, 11) is 1.30. The van der Waals surface area contributed by atoms with Gasteiger partial charge in [-0.25, -0.2) is 9.69 Å². The number of carbonyl (C=O) groups excluding carboxylic acids is 2. The van der Waals surface area contributed by atoms with Gasteiger partial charge in [0.2, 0.25) is 5.91 Å². The van der Waals surface area contributed by atoms with Crippen molar-refractivity contribution < 1.29 is 18.8 Å². The zero-order chi connectivity index (χ0) is 18.9. The van der Waals surface area contributed by atoms with Crippen molar-refractivity contribution in [1.82, 2.24) is 9.47 Å². The van der Waals surface area contributed by atoms with Gasteiger partial charge < -0.3 is 4.42 Å². The van der Waals surface area contributed by atoms with Crippen LogP contribution in [0.25, 0.3) is 5.69 Å². The Morgan fingerprint density at radius 1 is 1.23 bits per heavy atom. The molecule has 1 aromatic carbocycles. The lowest BCUT2D eigenvalue weighted by Crippen LogP contribution is -2.36. The van der Waals surface area contributed by atoms with Gasteiger partial charge in [0.25, 0.3) is 0 Å². The Morgan fingerprint density at radius 2 is 1.96 bits per heavy atom. The number of para-hydroxylation sites is 1. The fourth-order valence-electron chi connectivity index (χ4n) is 2.17. The molecule has 0 spiro atoms. The summed E-state index contributed by atoms with van der Waals surface area (Å²) in [5.41, 5.74) is -0.390. The zero-order valence-electron chi connectivity index (χ0n) is 14.8. The topological polar surface area (TPSA) is 94.1 Å². The predicted molar refractivity (Wildman–Crippen MR) is 93.3 cm³/mol. The van der Waals surface area contributed by atoms with E-state index in [9.17, 15) is 14.4 Å². The van der Waals surface area contributed by atoms with E-state index in [1.54, 1.807) is 24.3 Å². The molecule has 0 saturated carbocycles. The third kappa shape index (κ3) is 4.92. The van der Waals surface area contributed by atoms with Crippen LogP contribution in [0.1, 0.15) is 32.6 Å². The van der Waals surface area contributed by atoms with E-state index < -0.39 is 17.2 Å². The predicted octanol–water partition coefficient (Wildman–Crippen LogP) is 2.42. The maximum atomic E-state index is 12.4. The van der Waals surface area contributed by atoms with Crippen LogP contribution in [0.5, 0.6) is 0 Å². The number of aromatic nitrogens is 1. The highest BCUT2D eigenvalue weighted by Gasteiger charge is 2.18. The molecule has 0 aliphatic carbocycles. The molecular formula is C18H21N3O5. The molecule has 0 fully saturated rings. The lowest BCUT2D eigenvalue weighted by Gasteiger charge is -2.12. The Balaban J connectivity index is 2.12. The van der Waals surface area contributed by atoms with E-state index in [0.717, 1.165) is 17.7 Å². The van der Waals surface area contributed by atoms with Crippen molar-refractivity contribution in [2.75, 3.05) is 7.05 Å². The summed E-state index contributed by atoms with van der Waals surface area (Å²) in [6, 6.07) is 8.85. The SMILES string of the molecule is CCCCCC(=O)N(C)C(=O)O/N=c1\occn(-c2ccccc2)c1=O. The van der Waals surface area contributed by atoms with E-state index in [1.807, 2.05) is 13.0 Å². The monoisotopic (exact) mass is 359 g/mol. The minimum Gasteiger partial charge on any atom is -0.439 e. The van der Waals surface area contributed by atoms with Crippen LogP contribution in [-0.2, 0) is 9.63 Å². The highest BCUT2D eigenvalue weighted by Crippen LogP contribution is 2.04. The van der Waals surface area contributed by atoms with Crippen LogP contribution in [0, 0.1) is 0 Å². The van der Waals surface area contributed by atoms with E-state index in [-0.39, 0.29) is 12.3 Å². The van der Waals surface area contributed by atoms with Gasteiger partial charge in [-0.1, -0.05) is 38.0 Å². The number of unbranched alkanes of at least 4 members (excludes halogenated alkanes) is 2. The molecule has 2 rings (SSSR count). The van der Waals surface area contributed by atoms with Crippen molar-refractivity contribution in [1.29, 1.82) is 0 Å². The minimum atomic E-state index is -0.976. The smallest absolute Gasteiger partial charge is 0.439 e. The van der Waals surface area contributed by atoms with E-state index in [2.05, 4.69) is 9.99 Å². The highest BCUT2D eigenvalue weighted by atomic mass is 16.7. The van der Waals surface area contributed by atoms with Crippen LogP contribution in [0.3, 0.4) is 0 Å². The number of nitrogens with zero attached hydrogens (tertiary/aromatic N) is 3. The van der Waals surface area contributed by atoms with Gasteiger partial charge in [-0.3, -0.25) is 19.0 Å². The first-order valence-corrected chi connectivity index (χ1v) is 8.32. The first kappa shape index (κ1) is 19.2. The molecule has 0 unspecified atom stereocenters. The Kier molecular flexibility index (Phi) is 6.90. The second kappa shape index (κ2) is 9.36. The molecule has 0 aliphatic heterocycles. The molecule has 2 aromatic rings. The van der Waals surface area contributed by atoms with E-state index in [0.29, 0.717) is 12.1 Å². The number of imide groups is 1. The van der Waals surface area contributed by atoms with E-state index >= 15 is 0 Å². The van der Waals surface area contributed by atoms with Crippen molar-refractivity contribution in [2.24, 2.45) is 5.16 Å². The fourth-order valence-corrected chi connectivity index (χ4v) is 2.17. The Morgan fingerprint density at radius 3 is 2.65 bits per heavy atom. The Bertz CT molecular complexity index is 870. The van der Waals surface area contributed by atoms with Crippen molar-refractivity contribution in [3.05, 3.63) is 58.7 Å². The van der Waals surface area contributed by atoms with Crippen molar-refractivity contribution in [2.45, 2.75) is 32.6 Å². The Labute approximate surface area is 150 Å². The molecule has 0 bridgehead atoms. The van der Waals surface area contributed by atoms with Gasteiger partial charge in [-0.05, 0) is 23.7 Å². The quantitative estimate of drug-likeness (QED) is 0.448. The highest BCUT2D eigenvalue weighted by molar-refractivity contribution is 5.91. The van der Waals surface area contributed by atoms with E-state index in [1.165, 1.54) is 24.1 Å². The van der Waals surface area contributed by atoms with Crippen LogP contribution < -0.4 is 11.1 Å². The molecule has 0 atom stereocenters. The summed E-state index contributed by atoms with van der Waals surface area (Å²) >= 11 is 0. The third-order valence-corrected chi connectivity index (χ3v) is 3.67. The third-order valence-electron chi connectivity index (χ3n) is 3.67. The zero-order valence-corrected chi connectivity index (χ0v) is 14.8. The van der Waals surface area contributed by atoms with Gasteiger partial charge in [0.15, 0.2) is 0 Å². The van der Waals surface area contributed by atoms with Crippen LogP contribution in [0.4, 0.5) is 4.79 Å². The number of hydrogen-bond donors (Lipinski definition) is 0. The first-order chi connectivity index (χ1) is 12.5. The molecule has 1 heterocycles. The van der Waals surface area contributed by atoms with Crippen LogP contribution in [0.2, 0.25) is 0 Å². The minimum absolute atomic E-state index is 0.246. The second-order valence-electron chi connectivity index (χ2n) is 5.58.